The number of fused-ring (bicyclic) bond motifs is 1. The van der Waals surface area contributed by atoms with E-state index < -0.39 is 15.8 Å². The molecule has 5 nitrogen and oxygen atoms in total. The molecule has 148 valence electrons. The summed E-state index contributed by atoms with van der Waals surface area (Å²) in [7, 11) is -3.75. The van der Waals surface area contributed by atoms with Crippen molar-refractivity contribution in [3.8, 4) is 0 Å². The summed E-state index contributed by atoms with van der Waals surface area (Å²) in [6.07, 6.45) is 2.10. The Bertz CT molecular complexity index is 991. The number of benzene rings is 2. The summed E-state index contributed by atoms with van der Waals surface area (Å²) in [5.41, 5.74) is 2.08. The van der Waals surface area contributed by atoms with Gasteiger partial charge in [-0.3, -0.25) is 4.79 Å². The molecule has 1 saturated heterocycles. The summed E-state index contributed by atoms with van der Waals surface area (Å²) < 4.78 is 40.4. The number of amides is 1. The molecule has 0 bridgehead atoms. The first-order chi connectivity index (χ1) is 13.4. The van der Waals surface area contributed by atoms with Gasteiger partial charge in [0, 0.05) is 24.8 Å². The molecule has 28 heavy (non-hydrogen) atoms. The number of anilines is 1. The number of halogens is 1. The molecule has 2 atom stereocenters. The smallest absolute Gasteiger partial charge is 0.243 e. The zero-order valence-corrected chi connectivity index (χ0v) is 16.5. The first-order valence-electron chi connectivity index (χ1n) is 9.54. The minimum Gasteiger partial charge on any atom is -0.309 e. The van der Waals surface area contributed by atoms with Crippen molar-refractivity contribution in [1.82, 2.24) is 4.31 Å². The molecule has 2 aromatic carbocycles. The Hall–Kier alpha value is -2.25. The van der Waals surface area contributed by atoms with Crippen LogP contribution in [0.2, 0.25) is 0 Å². The molecule has 4 rings (SSSR count). The third-order valence-electron chi connectivity index (χ3n) is 5.63. The predicted octanol–water partition coefficient (Wildman–Crippen LogP) is 3.20. The highest BCUT2D eigenvalue weighted by Gasteiger charge is 2.39. The lowest BCUT2D eigenvalue weighted by molar-refractivity contribution is -0.123. The van der Waals surface area contributed by atoms with Crippen LogP contribution >= 0.6 is 0 Å². The van der Waals surface area contributed by atoms with Crippen LogP contribution in [0.5, 0.6) is 0 Å². The summed E-state index contributed by atoms with van der Waals surface area (Å²) in [5, 5.41) is 0. The Morgan fingerprint density at radius 3 is 2.57 bits per heavy atom. The van der Waals surface area contributed by atoms with E-state index >= 15 is 0 Å². The van der Waals surface area contributed by atoms with Crippen LogP contribution in [0.3, 0.4) is 0 Å². The molecule has 7 heteroatoms. The highest BCUT2D eigenvalue weighted by Crippen LogP contribution is 2.35. The molecular weight excluding hydrogens is 379 g/mol. The molecule has 0 spiro atoms. The molecule has 1 fully saturated rings. The lowest BCUT2D eigenvalue weighted by atomic mass is 9.97. The predicted molar refractivity (Wildman–Crippen MR) is 105 cm³/mol. The monoisotopic (exact) mass is 402 g/mol. The fourth-order valence-electron chi connectivity index (χ4n) is 4.22. The lowest BCUT2D eigenvalue weighted by Crippen LogP contribution is -2.48. The van der Waals surface area contributed by atoms with Crippen LogP contribution in [-0.4, -0.2) is 37.8 Å². The van der Waals surface area contributed by atoms with Crippen LogP contribution < -0.4 is 4.90 Å². The summed E-state index contributed by atoms with van der Waals surface area (Å²) in [5.74, 6) is -0.874. The van der Waals surface area contributed by atoms with Crippen LogP contribution in [0, 0.1) is 11.7 Å². The number of hydrogen-bond acceptors (Lipinski definition) is 3. The lowest BCUT2D eigenvalue weighted by Gasteiger charge is -2.34. The summed E-state index contributed by atoms with van der Waals surface area (Å²) in [4.78, 5) is 15.2. The van der Waals surface area contributed by atoms with E-state index in [0.717, 1.165) is 29.8 Å². The quantitative estimate of drug-likeness (QED) is 0.792. The summed E-state index contributed by atoms with van der Waals surface area (Å²) in [6, 6.07) is 12.8. The molecule has 0 N–H and O–H groups in total. The maximum atomic E-state index is 13.3. The topological polar surface area (TPSA) is 57.7 Å². The molecule has 2 heterocycles. The molecule has 0 aromatic heterocycles. The Morgan fingerprint density at radius 1 is 1.11 bits per heavy atom. The van der Waals surface area contributed by atoms with Crippen molar-refractivity contribution in [3.63, 3.8) is 0 Å². The second-order valence-corrected chi connectivity index (χ2v) is 9.48. The highest BCUT2D eigenvalue weighted by molar-refractivity contribution is 7.89. The summed E-state index contributed by atoms with van der Waals surface area (Å²) >= 11 is 0. The van der Waals surface area contributed by atoms with Crippen molar-refractivity contribution in [2.24, 2.45) is 5.92 Å². The van der Waals surface area contributed by atoms with E-state index in [1.54, 1.807) is 0 Å². The van der Waals surface area contributed by atoms with Gasteiger partial charge in [0.1, 0.15) is 5.82 Å². The van der Waals surface area contributed by atoms with Crippen LogP contribution in [0.25, 0.3) is 0 Å². The van der Waals surface area contributed by atoms with Crippen molar-refractivity contribution in [1.29, 1.82) is 0 Å². The second-order valence-electron chi connectivity index (χ2n) is 7.55. The average molecular weight is 402 g/mol. The van der Waals surface area contributed by atoms with Gasteiger partial charge in [0.05, 0.1) is 10.8 Å². The number of piperidine rings is 1. The maximum absolute atomic E-state index is 13.3. The number of para-hydroxylation sites is 1. The maximum Gasteiger partial charge on any atom is 0.243 e. The van der Waals surface area contributed by atoms with Crippen LogP contribution in [0.4, 0.5) is 10.1 Å². The van der Waals surface area contributed by atoms with Gasteiger partial charge in [0.25, 0.3) is 0 Å². The van der Waals surface area contributed by atoms with Crippen molar-refractivity contribution in [2.45, 2.75) is 37.1 Å². The molecule has 0 unspecified atom stereocenters. The van der Waals surface area contributed by atoms with Gasteiger partial charge in [-0.15, -0.1) is 0 Å². The van der Waals surface area contributed by atoms with Crippen molar-refractivity contribution >= 4 is 21.6 Å². The number of nitrogens with zero attached hydrogens (tertiary/aromatic N) is 2. The van der Waals surface area contributed by atoms with Crippen molar-refractivity contribution < 1.29 is 17.6 Å². The zero-order valence-electron chi connectivity index (χ0n) is 15.7. The van der Waals surface area contributed by atoms with Gasteiger partial charge in [-0.2, -0.15) is 4.31 Å². The van der Waals surface area contributed by atoms with E-state index in [4.69, 9.17) is 0 Å². The zero-order chi connectivity index (χ0) is 19.9. The fourth-order valence-corrected chi connectivity index (χ4v) is 5.74. The number of carbonyl (C=O) groups excluding carboxylic acids is 1. The van der Waals surface area contributed by atoms with Gasteiger partial charge in [0.2, 0.25) is 15.9 Å². The van der Waals surface area contributed by atoms with Gasteiger partial charge in [-0.1, -0.05) is 18.2 Å². The molecule has 0 radical (unpaired) electrons. The van der Waals surface area contributed by atoms with E-state index in [0.29, 0.717) is 19.4 Å². The Morgan fingerprint density at radius 2 is 1.82 bits per heavy atom. The molecular formula is C21H23FN2O3S. The van der Waals surface area contributed by atoms with Gasteiger partial charge >= 0.3 is 0 Å². The van der Waals surface area contributed by atoms with Crippen LogP contribution in [-0.2, 0) is 21.2 Å². The van der Waals surface area contributed by atoms with Gasteiger partial charge < -0.3 is 4.90 Å². The van der Waals surface area contributed by atoms with Crippen LogP contribution in [0.15, 0.2) is 53.4 Å². The van der Waals surface area contributed by atoms with E-state index in [1.807, 2.05) is 36.1 Å². The number of hydrogen-bond donors (Lipinski definition) is 0. The van der Waals surface area contributed by atoms with Crippen molar-refractivity contribution in [3.05, 3.63) is 59.9 Å². The highest BCUT2D eigenvalue weighted by atomic mass is 32.2. The standard InChI is InChI=1S/C21H23FN2O3S/c1-15-13-16-5-2-3-7-20(16)24(15)21(25)17-6-4-12-23(14-17)28(26,27)19-10-8-18(22)9-11-19/h2-3,5,7-11,15,17H,4,6,12-14H2,1H3/t15-,17+/m1/s1. The Kier molecular flexibility index (Phi) is 4.97. The first-order valence-corrected chi connectivity index (χ1v) is 11.0. The third-order valence-corrected chi connectivity index (χ3v) is 7.51. The van der Waals surface area contributed by atoms with E-state index in [9.17, 15) is 17.6 Å². The van der Waals surface area contributed by atoms with Gasteiger partial charge in [-0.25, -0.2) is 12.8 Å². The molecule has 2 aromatic rings. The van der Waals surface area contributed by atoms with E-state index in [2.05, 4.69) is 0 Å². The minimum absolute atomic E-state index is 0.0172. The molecule has 1 amide bonds. The first kappa shape index (κ1) is 19.1. The average Bonchev–Trinajstić information content (AvgIpc) is 3.03. The van der Waals surface area contributed by atoms with E-state index in [1.165, 1.54) is 16.4 Å². The van der Waals surface area contributed by atoms with Gasteiger partial charge in [-0.05, 0) is 62.1 Å². The normalized spacial score (nSPS) is 22.9. The van der Waals surface area contributed by atoms with Crippen molar-refractivity contribution in [2.75, 3.05) is 18.0 Å². The third kappa shape index (κ3) is 3.33. The molecule has 2 aliphatic rings. The minimum atomic E-state index is -3.75. The van der Waals surface area contributed by atoms with Crippen LogP contribution in [0.1, 0.15) is 25.3 Å². The van der Waals surface area contributed by atoms with Gasteiger partial charge in [0.15, 0.2) is 0 Å². The second kappa shape index (κ2) is 7.29. The molecule has 0 aliphatic carbocycles. The Labute approximate surface area is 164 Å². The largest absolute Gasteiger partial charge is 0.309 e. The van der Waals surface area contributed by atoms with E-state index in [-0.39, 0.29) is 29.3 Å². The molecule has 0 saturated carbocycles. The number of rotatable bonds is 3. The fraction of sp³-hybridized carbons (Fsp3) is 0.381. The molecule has 2 aliphatic heterocycles. The summed E-state index contributed by atoms with van der Waals surface area (Å²) in [6.45, 7) is 2.55. The number of sulfonamides is 1. The number of carbonyl (C=O) groups is 1. The SMILES string of the molecule is C[C@@H]1Cc2ccccc2N1C(=O)[C@H]1CCCN(S(=O)(=O)c2ccc(F)cc2)C1. The Balaban J connectivity index is 1.56.